The number of aliphatic hydroxyl groups is 1. The maximum Gasteiger partial charge on any atom is 0.279 e. The molecule has 55 heavy (non-hydrogen) atoms. The Morgan fingerprint density at radius 1 is 0.909 bits per heavy atom. The number of aryl methyl sites for hydroxylation is 3. The number of quaternary nitrogens is 1. The van der Waals surface area contributed by atoms with E-state index in [1.807, 2.05) is 56.4 Å². The fraction of sp³-hybridized carbons (Fsp3) is 0.511. The van der Waals surface area contributed by atoms with Crippen LogP contribution < -0.4 is 15.1 Å². The number of benzene rings is 2. The van der Waals surface area contributed by atoms with E-state index in [0.717, 1.165) is 70.9 Å². The Morgan fingerprint density at radius 3 is 2.15 bits per heavy atom. The summed E-state index contributed by atoms with van der Waals surface area (Å²) >= 11 is 0. The maximum atomic E-state index is 11.4. The molecule has 1 aliphatic heterocycles. The third-order valence-electron chi connectivity index (χ3n) is 9.96. The first kappa shape index (κ1) is 43.5. The zero-order chi connectivity index (χ0) is 40.7. The van der Waals surface area contributed by atoms with E-state index in [-0.39, 0.29) is 40.9 Å². The van der Waals surface area contributed by atoms with Crippen molar-refractivity contribution in [3.05, 3.63) is 94.1 Å². The number of aliphatic hydroxyl groups excluding tert-OH is 1. The van der Waals surface area contributed by atoms with Crippen molar-refractivity contribution in [3.63, 3.8) is 0 Å². The Bertz CT molecular complexity index is 1880. The minimum atomic E-state index is -1.62. The van der Waals surface area contributed by atoms with Crippen LogP contribution in [-0.4, -0.2) is 48.2 Å². The number of nitrogens with zero attached hydrogens (tertiary/aromatic N) is 5. The number of rotatable bonds is 3. The molecule has 10 heteroatoms. The first-order chi connectivity index (χ1) is 25.8. The molecule has 0 saturated heterocycles. The molecular weight excluding hydrogens is 689 g/mol. The summed E-state index contributed by atoms with van der Waals surface area (Å²) in [6.07, 6.45) is 7.95. The van der Waals surface area contributed by atoms with Crippen LogP contribution >= 0.6 is 0 Å². The van der Waals surface area contributed by atoms with E-state index in [4.69, 9.17) is 24.8 Å². The molecule has 10 nitrogen and oxygen atoms in total. The van der Waals surface area contributed by atoms with E-state index in [9.17, 15) is 10.4 Å². The second-order valence-corrected chi connectivity index (χ2v) is 17.1. The Morgan fingerprint density at radius 2 is 1.53 bits per heavy atom. The third-order valence-corrected chi connectivity index (χ3v) is 9.96. The van der Waals surface area contributed by atoms with Gasteiger partial charge in [0.05, 0.1) is 17.2 Å². The average molecular weight is 754 g/mol. The number of nitrogens with one attached hydrogen (secondary N) is 1. The summed E-state index contributed by atoms with van der Waals surface area (Å²) < 4.78 is 6.52. The van der Waals surface area contributed by atoms with Crippen LogP contribution in [0.2, 0.25) is 0 Å². The number of hydrogen-bond donors (Lipinski definition) is 4. The van der Waals surface area contributed by atoms with E-state index in [0.29, 0.717) is 18.2 Å². The standard InChI is InChI=1S/C38H47N6O3.C4H10.C3H8O/c1-23-12-10-13-24(2)34(23)32-20-33-42-37(41-32)43-44(45,46)30-16-11-15-27(19-30)35-28(22-47-33)14-8-9-17-31(35)36-39-21-29(26(4)40-36)18-25(3)38(5,6)7;1-4(2)3;1-3(2)4/h10-13,15-16,18-21,28,31,35,45-46H,8-9,14,17,22H2,1-7H3,(H,41,42,43);4H,1-3H3;3-4H,1-2H3/q+1;;/b25-18+;;. The topological polar surface area (TPSA) is 134 Å². The molecule has 2 aromatic carbocycles. The molecule has 1 fully saturated rings. The minimum absolute atomic E-state index is 0.0168. The smallest absolute Gasteiger partial charge is 0.279 e. The fourth-order valence-corrected chi connectivity index (χ4v) is 6.92. The maximum absolute atomic E-state index is 11.4. The molecule has 298 valence electrons. The van der Waals surface area contributed by atoms with Gasteiger partial charge in [-0.1, -0.05) is 96.4 Å². The van der Waals surface area contributed by atoms with Gasteiger partial charge >= 0.3 is 0 Å². The van der Waals surface area contributed by atoms with Crippen molar-refractivity contribution in [1.29, 1.82) is 0 Å². The van der Waals surface area contributed by atoms with Gasteiger partial charge in [-0.3, -0.25) is 0 Å². The number of fused-ring (bicyclic) bond motifs is 6. The van der Waals surface area contributed by atoms with Crippen LogP contribution in [0.1, 0.15) is 134 Å². The first-order valence-corrected chi connectivity index (χ1v) is 19.8. The van der Waals surface area contributed by atoms with E-state index < -0.39 is 4.92 Å². The van der Waals surface area contributed by atoms with Gasteiger partial charge in [-0.15, -0.1) is 15.8 Å². The van der Waals surface area contributed by atoms with Crippen LogP contribution in [0.5, 0.6) is 5.88 Å². The second-order valence-electron chi connectivity index (χ2n) is 17.1. The highest BCUT2D eigenvalue weighted by molar-refractivity contribution is 5.69. The van der Waals surface area contributed by atoms with Crippen LogP contribution in [0.25, 0.3) is 17.3 Å². The average Bonchev–Trinajstić information content (AvgIpc) is 3.29. The van der Waals surface area contributed by atoms with Crippen molar-refractivity contribution in [2.75, 3.05) is 12.0 Å². The van der Waals surface area contributed by atoms with Crippen LogP contribution in [0.3, 0.4) is 0 Å². The third kappa shape index (κ3) is 11.9. The van der Waals surface area contributed by atoms with Gasteiger partial charge in [0.1, 0.15) is 5.82 Å². The number of aromatic nitrogens is 4. The summed E-state index contributed by atoms with van der Waals surface area (Å²) in [6.45, 7) is 25.3. The summed E-state index contributed by atoms with van der Waals surface area (Å²) in [5.74, 6) is 2.18. The predicted octanol–water partition coefficient (Wildman–Crippen LogP) is 10.9. The van der Waals surface area contributed by atoms with Gasteiger partial charge in [-0.05, 0) is 82.4 Å². The molecule has 0 spiro atoms. The van der Waals surface area contributed by atoms with Crippen LogP contribution in [-0.2, 0) is 0 Å². The highest BCUT2D eigenvalue weighted by atomic mass is 16.9. The molecule has 6 rings (SSSR count). The van der Waals surface area contributed by atoms with E-state index in [2.05, 4.69) is 77.9 Å². The Balaban J connectivity index is 0.000000768. The number of hydrogen-bond acceptors (Lipinski definition) is 9. The molecule has 4 bridgehead atoms. The fourth-order valence-electron chi connectivity index (χ4n) is 6.92. The van der Waals surface area contributed by atoms with Gasteiger partial charge < -0.3 is 9.84 Å². The van der Waals surface area contributed by atoms with Gasteiger partial charge in [0.15, 0.2) is 0 Å². The monoisotopic (exact) mass is 754 g/mol. The second kappa shape index (κ2) is 18.6. The Kier molecular flexibility index (Phi) is 14.7. The Labute approximate surface area is 329 Å². The zero-order valence-electron chi connectivity index (χ0n) is 35.2. The predicted molar refractivity (Wildman–Crippen MR) is 223 cm³/mol. The molecule has 0 amide bonds. The van der Waals surface area contributed by atoms with E-state index in [1.165, 1.54) is 5.57 Å². The van der Waals surface area contributed by atoms with Crippen molar-refractivity contribution in [1.82, 2.24) is 24.9 Å². The van der Waals surface area contributed by atoms with E-state index in [1.54, 1.807) is 19.9 Å². The van der Waals surface area contributed by atoms with E-state index >= 15 is 0 Å². The van der Waals surface area contributed by atoms with Crippen LogP contribution in [0, 0.1) is 38.0 Å². The molecule has 3 heterocycles. The van der Waals surface area contributed by atoms with Gasteiger partial charge in [0.2, 0.25) is 11.6 Å². The molecule has 1 aliphatic carbocycles. The molecule has 2 aliphatic rings. The highest BCUT2D eigenvalue weighted by Gasteiger charge is 2.39. The zero-order valence-corrected chi connectivity index (χ0v) is 35.2. The highest BCUT2D eigenvalue weighted by Crippen LogP contribution is 2.46. The van der Waals surface area contributed by atoms with Gasteiger partial charge in [0.25, 0.3) is 5.95 Å². The lowest BCUT2D eigenvalue weighted by atomic mass is 9.75. The molecule has 3 atom stereocenters. The largest absolute Gasteiger partial charge is 0.477 e. The van der Waals surface area contributed by atoms with Crippen molar-refractivity contribution in [2.24, 2.45) is 17.3 Å². The summed E-state index contributed by atoms with van der Waals surface area (Å²) in [7, 11) is 0. The summed E-state index contributed by atoms with van der Waals surface area (Å²) in [4.78, 5) is 17.7. The summed E-state index contributed by atoms with van der Waals surface area (Å²) in [5, 5.41) is 30.8. The summed E-state index contributed by atoms with van der Waals surface area (Å²) in [5.41, 5.74) is 11.0. The number of anilines is 1. The lowest BCUT2D eigenvalue weighted by molar-refractivity contribution is -0.273. The van der Waals surface area contributed by atoms with Crippen LogP contribution in [0.4, 0.5) is 11.6 Å². The SMILES string of the molecule is C/C(=C\c1cnc(C2CCCCC3COc4cc(-c5c(C)cccc5C)nc(n4)N[N+](O)(O)c4cccc(c4)C32)nc1C)C(C)(C)C.CC(C)C.CC(C)O. The minimum Gasteiger partial charge on any atom is -0.477 e. The van der Waals surface area contributed by atoms with Crippen LogP contribution in [0.15, 0.2) is 60.3 Å². The first-order valence-electron chi connectivity index (χ1n) is 19.8. The molecular formula is C45H65N6O4+. The quantitative estimate of drug-likeness (QED) is 0.151. The van der Waals surface area contributed by atoms with Crippen molar-refractivity contribution in [2.45, 2.75) is 127 Å². The molecule has 0 radical (unpaired) electrons. The Hall–Kier alpha value is -4.22. The van der Waals surface area contributed by atoms with Gasteiger partial charge in [0, 0.05) is 65.1 Å². The molecule has 4 N–H and O–H groups in total. The molecule has 1 saturated carbocycles. The van der Waals surface area contributed by atoms with Gasteiger partial charge in [-0.2, -0.15) is 4.98 Å². The number of ether oxygens (including phenoxy) is 1. The molecule has 2 aromatic heterocycles. The normalized spacial score (nSPS) is 19.5. The molecule has 3 unspecified atom stereocenters. The molecule has 4 aromatic rings. The van der Waals surface area contributed by atoms with Crippen molar-refractivity contribution >= 4 is 17.7 Å². The summed E-state index contributed by atoms with van der Waals surface area (Å²) in [6, 6.07) is 15.4. The lowest BCUT2D eigenvalue weighted by Crippen LogP contribution is -2.48. The number of allylic oxidation sites excluding steroid dienone is 1. The van der Waals surface area contributed by atoms with Gasteiger partial charge in [-0.25, -0.2) is 15.0 Å². The van der Waals surface area contributed by atoms with Crippen molar-refractivity contribution in [3.8, 4) is 17.1 Å². The van der Waals surface area contributed by atoms with Crippen molar-refractivity contribution < 1.29 is 20.3 Å². The lowest BCUT2D eigenvalue weighted by Gasteiger charge is -2.32.